The maximum Gasteiger partial charge on any atom is 0.119 e. The van der Waals surface area contributed by atoms with Crippen LogP contribution < -0.4 is 10.1 Å². The van der Waals surface area contributed by atoms with Crippen LogP contribution in [0.3, 0.4) is 0 Å². The van der Waals surface area contributed by atoms with Crippen LogP contribution in [0.5, 0.6) is 5.75 Å². The Bertz CT molecular complexity index is 565. The van der Waals surface area contributed by atoms with Crippen molar-refractivity contribution in [2.75, 3.05) is 6.61 Å². The fourth-order valence-electron chi connectivity index (χ4n) is 2.58. The molecule has 0 aliphatic heterocycles. The number of rotatable bonds is 9. The van der Waals surface area contributed by atoms with E-state index in [0.717, 1.165) is 31.7 Å². The van der Waals surface area contributed by atoms with E-state index >= 15 is 0 Å². The van der Waals surface area contributed by atoms with Gasteiger partial charge in [0.05, 0.1) is 6.61 Å². The van der Waals surface area contributed by atoms with Crippen molar-refractivity contribution in [1.29, 1.82) is 0 Å². The van der Waals surface area contributed by atoms with Crippen LogP contribution in [0.1, 0.15) is 50.8 Å². The summed E-state index contributed by atoms with van der Waals surface area (Å²) < 4.78 is 5.85. The molecule has 2 rings (SSSR count). The van der Waals surface area contributed by atoms with Gasteiger partial charge in [0.25, 0.3) is 0 Å². The monoisotopic (exact) mass is 311 g/mol. The number of ether oxygens (including phenoxy) is 1. The number of hydrogen-bond acceptors (Lipinski definition) is 2. The molecule has 0 bridgehead atoms. The molecule has 2 aromatic rings. The summed E-state index contributed by atoms with van der Waals surface area (Å²) in [6.45, 7) is 8.30. The summed E-state index contributed by atoms with van der Waals surface area (Å²) in [4.78, 5) is 0. The van der Waals surface area contributed by atoms with E-state index in [4.69, 9.17) is 4.74 Å². The van der Waals surface area contributed by atoms with E-state index in [-0.39, 0.29) is 0 Å². The van der Waals surface area contributed by atoms with Crippen molar-refractivity contribution < 1.29 is 4.74 Å². The van der Waals surface area contributed by atoms with Crippen LogP contribution in [-0.2, 0) is 6.54 Å². The fraction of sp³-hybridized carbons (Fsp3) is 0.429. The van der Waals surface area contributed by atoms with E-state index in [2.05, 4.69) is 74.6 Å². The summed E-state index contributed by atoms with van der Waals surface area (Å²) in [5.74, 6) is 1.65. The summed E-state index contributed by atoms with van der Waals surface area (Å²) in [6.07, 6.45) is 2.17. The highest BCUT2D eigenvalue weighted by Crippen LogP contribution is 2.18. The van der Waals surface area contributed by atoms with Crippen LogP contribution in [0.25, 0.3) is 0 Å². The first-order valence-corrected chi connectivity index (χ1v) is 8.69. The summed E-state index contributed by atoms with van der Waals surface area (Å²) in [7, 11) is 0. The van der Waals surface area contributed by atoms with E-state index in [1.807, 2.05) is 6.07 Å². The quantitative estimate of drug-likeness (QED) is 0.674. The maximum atomic E-state index is 5.85. The molecule has 0 aromatic heterocycles. The van der Waals surface area contributed by atoms with Crippen molar-refractivity contribution in [2.45, 2.75) is 46.2 Å². The van der Waals surface area contributed by atoms with Gasteiger partial charge in [-0.3, -0.25) is 0 Å². The molecule has 0 fully saturated rings. The van der Waals surface area contributed by atoms with Gasteiger partial charge in [0, 0.05) is 12.6 Å². The van der Waals surface area contributed by atoms with Gasteiger partial charge in [0.2, 0.25) is 0 Å². The highest BCUT2D eigenvalue weighted by atomic mass is 16.5. The van der Waals surface area contributed by atoms with Gasteiger partial charge in [-0.05, 0) is 42.0 Å². The van der Waals surface area contributed by atoms with Crippen LogP contribution in [0.15, 0.2) is 54.6 Å². The molecule has 0 heterocycles. The Morgan fingerprint density at radius 1 is 1.00 bits per heavy atom. The van der Waals surface area contributed by atoms with Gasteiger partial charge in [-0.1, -0.05) is 63.2 Å². The minimum Gasteiger partial charge on any atom is -0.494 e. The van der Waals surface area contributed by atoms with Crippen molar-refractivity contribution >= 4 is 0 Å². The van der Waals surface area contributed by atoms with Gasteiger partial charge < -0.3 is 10.1 Å². The highest BCUT2D eigenvalue weighted by molar-refractivity contribution is 5.28. The molecule has 124 valence electrons. The van der Waals surface area contributed by atoms with Crippen LogP contribution in [-0.4, -0.2) is 6.61 Å². The van der Waals surface area contributed by atoms with Gasteiger partial charge in [0.1, 0.15) is 5.75 Å². The van der Waals surface area contributed by atoms with E-state index in [1.54, 1.807) is 0 Å². The molecular formula is C21H29NO. The predicted octanol–water partition coefficient (Wildman–Crippen LogP) is 5.35. The van der Waals surface area contributed by atoms with Gasteiger partial charge >= 0.3 is 0 Å². The van der Waals surface area contributed by atoms with Crippen molar-refractivity contribution in [3.05, 3.63) is 65.7 Å². The highest BCUT2D eigenvalue weighted by Gasteiger charge is 2.08. The Morgan fingerprint density at radius 3 is 2.48 bits per heavy atom. The second-order valence-corrected chi connectivity index (χ2v) is 6.43. The lowest BCUT2D eigenvalue weighted by molar-refractivity contribution is 0.289. The Morgan fingerprint density at radius 2 is 1.78 bits per heavy atom. The van der Waals surface area contributed by atoms with Gasteiger partial charge in [0.15, 0.2) is 0 Å². The third-order valence-electron chi connectivity index (χ3n) is 4.03. The molecular weight excluding hydrogens is 282 g/mol. The Balaban J connectivity index is 1.89. The SMILES string of the molecule is CCC(NCc1cccc(OCCC(C)C)c1)c1ccccc1. The second kappa shape index (κ2) is 9.36. The zero-order chi connectivity index (χ0) is 16.5. The molecule has 2 aromatic carbocycles. The van der Waals surface area contributed by atoms with E-state index in [9.17, 15) is 0 Å². The standard InChI is InChI=1S/C21H29NO/c1-4-21(19-10-6-5-7-11-19)22-16-18-9-8-12-20(15-18)23-14-13-17(2)3/h5-12,15,17,21-22H,4,13-14,16H2,1-3H3. The molecule has 2 nitrogen and oxygen atoms in total. The smallest absolute Gasteiger partial charge is 0.119 e. The van der Waals surface area contributed by atoms with Crippen LogP contribution >= 0.6 is 0 Å². The Hall–Kier alpha value is -1.80. The first kappa shape index (κ1) is 17.6. The molecule has 0 saturated carbocycles. The van der Waals surface area contributed by atoms with Crippen molar-refractivity contribution in [3.8, 4) is 5.75 Å². The molecule has 1 unspecified atom stereocenters. The molecule has 0 aliphatic carbocycles. The number of benzene rings is 2. The summed E-state index contributed by atoms with van der Waals surface area (Å²) in [5, 5.41) is 3.65. The molecule has 0 spiro atoms. The van der Waals surface area contributed by atoms with Gasteiger partial charge in [-0.2, -0.15) is 0 Å². The van der Waals surface area contributed by atoms with Crippen molar-refractivity contribution in [3.63, 3.8) is 0 Å². The lowest BCUT2D eigenvalue weighted by atomic mass is 10.0. The van der Waals surface area contributed by atoms with Crippen LogP contribution in [0, 0.1) is 5.92 Å². The molecule has 0 aliphatic rings. The first-order valence-electron chi connectivity index (χ1n) is 8.69. The van der Waals surface area contributed by atoms with E-state index in [1.165, 1.54) is 11.1 Å². The number of hydrogen-bond donors (Lipinski definition) is 1. The largest absolute Gasteiger partial charge is 0.494 e. The topological polar surface area (TPSA) is 21.3 Å². The summed E-state index contributed by atoms with van der Waals surface area (Å²) in [6, 6.07) is 19.4. The summed E-state index contributed by atoms with van der Waals surface area (Å²) >= 11 is 0. The fourth-order valence-corrected chi connectivity index (χ4v) is 2.58. The third-order valence-corrected chi connectivity index (χ3v) is 4.03. The van der Waals surface area contributed by atoms with Crippen molar-refractivity contribution in [1.82, 2.24) is 5.32 Å². The lowest BCUT2D eigenvalue weighted by Gasteiger charge is -2.18. The van der Waals surface area contributed by atoms with Gasteiger partial charge in [-0.25, -0.2) is 0 Å². The lowest BCUT2D eigenvalue weighted by Crippen LogP contribution is -2.20. The van der Waals surface area contributed by atoms with Crippen LogP contribution in [0.2, 0.25) is 0 Å². The molecule has 0 saturated heterocycles. The molecule has 0 radical (unpaired) electrons. The molecule has 2 heteroatoms. The molecule has 1 N–H and O–H groups in total. The van der Waals surface area contributed by atoms with Crippen molar-refractivity contribution in [2.24, 2.45) is 5.92 Å². The molecule has 23 heavy (non-hydrogen) atoms. The summed E-state index contributed by atoms with van der Waals surface area (Å²) in [5.41, 5.74) is 2.61. The maximum absolute atomic E-state index is 5.85. The average Bonchev–Trinajstić information content (AvgIpc) is 2.56. The molecule has 0 amide bonds. The average molecular weight is 311 g/mol. The Kier molecular flexibility index (Phi) is 7.15. The van der Waals surface area contributed by atoms with E-state index in [0.29, 0.717) is 12.0 Å². The second-order valence-electron chi connectivity index (χ2n) is 6.43. The zero-order valence-electron chi connectivity index (χ0n) is 14.6. The minimum atomic E-state index is 0.390. The normalized spacial score (nSPS) is 12.3. The van der Waals surface area contributed by atoms with Crippen LogP contribution in [0.4, 0.5) is 0 Å². The third kappa shape index (κ3) is 6.07. The predicted molar refractivity (Wildman–Crippen MR) is 97.7 cm³/mol. The zero-order valence-corrected chi connectivity index (χ0v) is 14.6. The Labute approximate surface area is 140 Å². The van der Waals surface area contributed by atoms with E-state index < -0.39 is 0 Å². The van der Waals surface area contributed by atoms with Gasteiger partial charge in [-0.15, -0.1) is 0 Å². The number of nitrogens with one attached hydrogen (secondary N) is 1. The minimum absolute atomic E-state index is 0.390. The molecule has 1 atom stereocenters. The first-order chi connectivity index (χ1) is 11.2.